The second-order valence-corrected chi connectivity index (χ2v) is 19.9. The SMILES string of the molecule is COCOCC1=C[C@H]([C@H](O)[C@@H]2O[C@H](c3ccccc3)OC[C@H]2O)[C@](C#N)(C[C@H](C)[C@@H](C)CO[Si](C(C)C)(C(C)C)C(C)C)CC1. The monoisotopic (exact) mass is 645 g/mol. The van der Waals surface area contributed by atoms with Crippen molar-refractivity contribution in [2.45, 2.75) is 116 Å². The van der Waals surface area contributed by atoms with Crippen LogP contribution in [0.2, 0.25) is 16.6 Å². The highest BCUT2D eigenvalue weighted by Crippen LogP contribution is 2.49. The zero-order valence-corrected chi connectivity index (χ0v) is 30.1. The standard InChI is InChI=1S/C36H59NO7Si/c1-24(2)45(25(3)4,26(5)6)43-19-28(8)27(7)18-36(22-37)16-15-29(20-41-23-40-9)17-31(36)33(39)34-32(38)21-42-35(44-34)30-13-11-10-12-14-30/h10-14,17,24-28,31-35,38-39H,15-16,18-21,23H2,1-9H3/t27-,28-,31+,32+,33-,34+,35+,36-/m0/s1. The minimum atomic E-state index is -2.03. The lowest BCUT2D eigenvalue weighted by atomic mass is 9.61. The van der Waals surface area contributed by atoms with Crippen LogP contribution < -0.4 is 0 Å². The molecule has 0 radical (unpaired) electrons. The highest BCUT2D eigenvalue weighted by molar-refractivity contribution is 6.77. The first-order valence-electron chi connectivity index (χ1n) is 16.8. The zero-order chi connectivity index (χ0) is 33.4. The van der Waals surface area contributed by atoms with Gasteiger partial charge in [-0.05, 0) is 53.3 Å². The van der Waals surface area contributed by atoms with Crippen LogP contribution in [0.15, 0.2) is 42.0 Å². The molecular formula is C36H59NO7Si. The lowest BCUT2D eigenvalue weighted by Gasteiger charge is -2.46. The fourth-order valence-corrected chi connectivity index (χ4v) is 13.4. The molecular weight excluding hydrogens is 586 g/mol. The molecule has 1 saturated heterocycles. The van der Waals surface area contributed by atoms with E-state index in [2.05, 4.69) is 61.5 Å². The molecule has 0 saturated carbocycles. The maximum absolute atomic E-state index is 12.0. The molecule has 1 aromatic carbocycles. The third-order valence-electron chi connectivity index (χ3n) is 10.5. The average molecular weight is 646 g/mol. The van der Waals surface area contributed by atoms with Crippen LogP contribution in [0, 0.1) is 34.5 Å². The molecule has 0 unspecified atom stereocenters. The number of hydrogen-bond acceptors (Lipinski definition) is 8. The van der Waals surface area contributed by atoms with Crippen molar-refractivity contribution < 1.29 is 33.6 Å². The summed E-state index contributed by atoms with van der Waals surface area (Å²) in [5.74, 6) is -0.189. The lowest BCUT2D eigenvalue weighted by molar-refractivity contribution is -0.281. The van der Waals surface area contributed by atoms with Crippen LogP contribution in [-0.2, 0) is 23.4 Å². The number of aliphatic hydroxyl groups excluding tert-OH is 2. The Labute approximate surface area is 273 Å². The molecule has 8 nitrogen and oxygen atoms in total. The normalized spacial score (nSPS) is 28.2. The summed E-state index contributed by atoms with van der Waals surface area (Å²) in [6, 6.07) is 12.2. The summed E-state index contributed by atoms with van der Waals surface area (Å²) in [7, 11) is -0.451. The Morgan fingerprint density at radius 3 is 2.24 bits per heavy atom. The van der Waals surface area contributed by atoms with Gasteiger partial charge in [-0.15, -0.1) is 0 Å². The fourth-order valence-electron chi connectivity index (χ4n) is 7.83. The average Bonchev–Trinajstić information content (AvgIpc) is 3.01. The Bertz CT molecular complexity index is 1080. The van der Waals surface area contributed by atoms with E-state index < -0.39 is 44.3 Å². The number of methoxy groups -OCH3 is 1. The molecule has 1 aliphatic heterocycles. The van der Waals surface area contributed by atoms with E-state index in [1.807, 2.05) is 36.4 Å². The molecule has 2 N–H and O–H groups in total. The van der Waals surface area contributed by atoms with Gasteiger partial charge in [-0.2, -0.15) is 5.26 Å². The summed E-state index contributed by atoms with van der Waals surface area (Å²) in [5, 5.41) is 33.9. The van der Waals surface area contributed by atoms with Crippen molar-refractivity contribution in [3.05, 3.63) is 47.5 Å². The molecule has 2 aliphatic rings. The van der Waals surface area contributed by atoms with Crippen LogP contribution >= 0.6 is 0 Å². The quantitative estimate of drug-likeness (QED) is 0.0845. The lowest BCUT2D eigenvalue weighted by Crippen LogP contribution is -2.53. The van der Waals surface area contributed by atoms with Crippen molar-refractivity contribution in [1.82, 2.24) is 0 Å². The number of ether oxygens (including phenoxy) is 4. The first kappa shape index (κ1) is 37.8. The van der Waals surface area contributed by atoms with Crippen LogP contribution in [0.5, 0.6) is 0 Å². The van der Waals surface area contributed by atoms with Crippen molar-refractivity contribution in [3.63, 3.8) is 0 Å². The summed E-state index contributed by atoms with van der Waals surface area (Å²) >= 11 is 0. The van der Waals surface area contributed by atoms with Gasteiger partial charge in [-0.25, -0.2) is 0 Å². The second-order valence-electron chi connectivity index (χ2n) is 14.4. The topological polar surface area (TPSA) is 110 Å². The summed E-state index contributed by atoms with van der Waals surface area (Å²) in [6.45, 7) is 19.4. The van der Waals surface area contributed by atoms with E-state index in [1.165, 1.54) is 0 Å². The predicted molar refractivity (Wildman–Crippen MR) is 179 cm³/mol. The van der Waals surface area contributed by atoms with Crippen LogP contribution in [0.3, 0.4) is 0 Å². The van der Waals surface area contributed by atoms with Crippen LogP contribution in [0.4, 0.5) is 0 Å². The number of hydrogen-bond donors (Lipinski definition) is 2. The van der Waals surface area contributed by atoms with Crippen LogP contribution in [0.25, 0.3) is 0 Å². The molecule has 1 heterocycles. The Kier molecular flexibility index (Phi) is 14.3. The molecule has 0 bridgehead atoms. The third-order valence-corrected chi connectivity index (χ3v) is 16.6. The Morgan fingerprint density at radius 1 is 1.02 bits per heavy atom. The minimum Gasteiger partial charge on any atom is -0.416 e. The number of benzene rings is 1. The number of nitriles is 1. The molecule has 9 heteroatoms. The molecule has 1 aliphatic carbocycles. The Morgan fingerprint density at radius 2 is 1.67 bits per heavy atom. The van der Waals surface area contributed by atoms with Gasteiger partial charge in [0.05, 0.1) is 30.8 Å². The second kappa shape index (κ2) is 17.0. The van der Waals surface area contributed by atoms with Crippen molar-refractivity contribution >= 4 is 8.32 Å². The Balaban J connectivity index is 1.87. The third kappa shape index (κ3) is 8.85. The molecule has 0 amide bonds. The smallest absolute Gasteiger partial charge is 0.200 e. The van der Waals surface area contributed by atoms with E-state index in [4.69, 9.17) is 23.4 Å². The minimum absolute atomic E-state index is 0.0268. The van der Waals surface area contributed by atoms with E-state index in [0.717, 1.165) is 11.1 Å². The number of aliphatic hydroxyl groups is 2. The van der Waals surface area contributed by atoms with Gasteiger partial charge in [-0.1, -0.05) is 91.8 Å². The van der Waals surface area contributed by atoms with E-state index >= 15 is 0 Å². The molecule has 8 atom stereocenters. The van der Waals surface area contributed by atoms with E-state index in [9.17, 15) is 15.5 Å². The highest BCUT2D eigenvalue weighted by atomic mass is 28.4. The molecule has 1 fully saturated rings. The van der Waals surface area contributed by atoms with Crippen LogP contribution in [0.1, 0.15) is 86.5 Å². The van der Waals surface area contributed by atoms with Crippen molar-refractivity contribution in [1.29, 1.82) is 5.26 Å². The van der Waals surface area contributed by atoms with Gasteiger partial charge in [0.1, 0.15) is 19.0 Å². The molecule has 0 aromatic heterocycles. The van der Waals surface area contributed by atoms with Gasteiger partial charge in [0, 0.05) is 25.2 Å². The maximum atomic E-state index is 12.0. The van der Waals surface area contributed by atoms with Crippen molar-refractivity contribution in [2.75, 3.05) is 33.7 Å². The highest BCUT2D eigenvalue weighted by Gasteiger charge is 2.51. The van der Waals surface area contributed by atoms with Gasteiger partial charge in [-0.3, -0.25) is 0 Å². The summed E-state index contributed by atoms with van der Waals surface area (Å²) in [4.78, 5) is 0. The van der Waals surface area contributed by atoms with Crippen molar-refractivity contribution in [3.8, 4) is 6.07 Å². The fraction of sp³-hybridized carbons (Fsp3) is 0.750. The largest absolute Gasteiger partial charge is 0.416 e. The first-order chi connectivity index (χ1) is 21.3. The van der Waals surface area contributed by atoms with Gasteiger partial charge in [0.2, 0.25) is 0 Å². The van der Waals surface area contributed by atoms with E-state index in [0.29, 0.717) is 49.1 Å². The maximum Gasteiger partial charge on any atom is 0.200 e. The first-order valence-corrected chi connectivity index (χ1v) is 19.0. The van der Waals surface area contributed by atoms with E-state index in [1.54, 1.807) is 7.11 Å². The molecule has 3 rings (SSSR count). The summed E-state index contributed by atoms with van der Waals surface area (Å²) in [5.41, 5.74) is 2.46. The number of nitrogens with zero attached hydrogens (tertiary/aromatic N) is 1. The molecule has 0 spiro atoms. The predicted octanol–water partition coefficient (Wildman–Crippen LogP) is 7.14. The van der Waals surface area contributed by atoms with Crippen molar-refractivity contribution in [2.24, 2.45) is 23.2 Å². The molecule has 254 valence electrons. The van der Waals surface area contributed by atoms with Gasteiger partial charge in [0.25, 0.3) is 0 Å². The zero-order valence-electron chi connectivity index (χ0n) is 29.1. The summed E-state index contributed by atoms with van der Waals surface area (Å²) < 4.78 is 29.7. The van der Waals surface area contributed by atoms with Gasteiger partial charge in [0.15, 0.2) is 14.6 Å². The molecule has 1 aromatic rings. The summed E-state index contributed by atoms with van der Waals surface area (Å²) in [6.07, 6.45) is 0.0492. The van der Waals surface area contributed by atoms with Crippen LogP contribution in [-0.4, -0.2) is 70.6 Å². The van der Waals surface area contributed by atoms with Gasteiger partial charge >= 0.3 is 0 Å². The van der Waals surface area contributed by atoms with E-state index in [-0.39, 0.29) is 25.2 Å². The molecule has 45 heavy (non-hydrogen) atoms. The van der Waals surface area contributed by atoms with Gasteiger partial charge < -0.3 is 33.6 Å². The Hall–Kier alpha value is -1.61. The number of rotatable bonds is 16.